The van der Waals surface area contributed by atoms with E-state index in [-0.39, 0.29) is 0 Å². The Bertz CT molecular complexity index is 3470. The first-order valence-corrected chi connectivity index (χ1v) is 20.7. The molecule has 61 heavy (non-hydrogen) atoms. The van der Waals surface area contributed by atoms with Gasteiger partial charge in [-0.05, 0) is 79.5 Å². The normalized spacial score (nSPS) is 11.9. The lowest BCUT2D eigenvalue weighted by atomic mass is 9.84. The van der Waals surface area contributed by atoms with Crippen LogP contribution in [0.5, 0.6) is 0 Å². The summed E-state index contributed by atoms with van der Waals surface area (Å²) in [6.45, 7) is 0. The highest BCUT2D eigenvalue weighted by molar-refractivity contribution is 6.20. The number of aromatic nitrogens is 3. The molecule has 0 saturated heterocycles. The van der Waals surface area contributed by atoms with Gasteiger partial charge >= 0.3 is 0 Å². The number of para-hydroxylation sites is 2. The van der Waals surface area contributed by atoms with Crippen molar-refractivity contribution in [2.45, 2.75) is 0 Å². The molecule has 0 amide bonds. The Hall–Kier alpha value is -8.21. The number of hydrogen-bond acceptors (Lipinski definition) is 4. The van der Waals surface area contributed by atoms with Crippen LogP contribution in [-0.4, -0.2) is 15.0 Å². The summed E-state index contributed by atoms with van der Waals surface area (Å²) >= 11 is 0. The average Bonchev–Trinajstić information content (AvgIpc) is 3.34. The fraction of sp³-hybridized carbons (Fsp3) is 0. The number of rotatable bonds is 6. The molecule has 0 spiro atoms. The molecule has 0 bridgehead atoms. The number of nitrogens with zero attached hydrogens (tertiary/aromatic N) is 4. The zero-order chi connectivity index (χ0) is 40.3. The van der Waals surface area contributed by atoms with E-state index in [4.69, 9.17) is 15.0 Å². The standard InChI is InChI=1S/C57H36N4/c1-4-17-38(18-5-1)43-26-14-29-50-49-28-15-27-48-47(34-35-52(53(48)49)61(54(43)50)42-22-8-3-9-23-42)46-32-33-51(45-25-13-12-24-44(45)46)57-59-55(39-19-6-2-7-20-39)58-56(60-57)41-31-30-37-16-10-11-21-40(37)36-41/h1-36H. The molecule has 0 unspecified atom stereocenters. The van der Waals surface area contributed by atoms with Crippen LogP contribution in [0.4, 0.5) is 17.1 Å². The van der Waals surface area contributed by atoms with Crippen molar-refractivity contribution in [2.24, 2.45) is 0 Å². The Morgan fingerprint density at radius 1 is 0.295 bits per heavy atom. The topological polar surface area (TPSA) is 41.9 Å². The molecule has 0 fully saturated rings. The molecule has 284 valence electrons. The third-order valence-electron chi connectivity index (χ3n) is 12.0. The summed E-state index contributed by atoms with van der Waals surface area (Å²) in [6.07, 6.45) is 0. The lowest BCUT2D eigenvalue weighted by Crippen LogP contribution is -2.16. The summed E-state index contributed by atoms with van der Waals surface area (Å²) in [5, 5.41) is 6.98. The highest BCUT2D eigenvalue weighted by atomic mass is 15.2. The van der Waals surface area contributed by atoms with Crippen molar-refractivity contribution in [3.63, 3.8) is 0 Å². The van der Waals surface area contributed by atoms with Crippen LogP contribution in [-0.2, 0) is 0 Å². The molecule has 10 aromatic carbocycles. The van der Waals surface area contributed by atoms with Crippen LogP contribution >= 0.6 is 0 Å². The summed E-state index contributed by atoms with van der Waals surface area (Å²) in [5.74, 6) is 1.93. The fourth-order valence-corrected chi connectivity index (χ4v) is 9.25. The van der Waals surface area contributed by atoms with Gasteiger partial charge in [0.2, 0.25) is 0 Å². The smallest absolute Gasteiger partial charge is 0.164 e. The van der Waals surface area contributed by atoms with Gasteiger partial charge in [-0.15, -0.1) is 0 Å². The fourth-order valence-electron chi connectivity index (χ4n) is 9.25. The SMILES string of the molecule is c1ccc(-c2nc(-c3ccc4ccccc4c3)nc(-c3ccc(-c4ccc5c6c(cccc46)-c4cccc(-c6ccccc6)c4N5c4ccccc4)c4ccccc34)n2)cc1. The first-order valence-electron chi connectivity index (χ1n) is 20.7. The van der Waals surface area contributed by atoms with Gasteiger partial charge < -0.3 is 4.90 Å². The van der Waals surface area contributed by atoms with Gasteiger partial charge in [-0.2, -0.15) is 0 Å². The van der Waals surface area contributed by atoms with E-state index in [1.54, 1.807) is 0 Å². The maximum absolute atomic E-state index is 5.21. The maximum Gasteiger partial charge on any atom is 0.164 e. The van der Waals surface area contributed by atoms with Gasteiger partial charge in [0.05, 0.1) is 11.4 Å². The predicted molar refractivity (Wildman–Crippen MR) is 253 cm³/mol. The summed E-state index contributed by atoms with van der Waals surface area (Å²) in [4.78, 5) is 17.9. The monoisotopic (exact) mass is 776 g/mol. The number of fused-ring (bicyclic) bond motifs is 4. The highest BCUT2D eigenvalue weighted by Crippen LogP contribution is 2.55. The van der Waals surface area contributed by atoms with E-state index in [0.717, 1.165) is 49.8 Å². The van der Waals surface area contributed by atoms with Gasteiger partial charge in [0.15, 0.2) is 17.5 Å². The lowest BCUT2D eigenvalue weighted by molar-refractivity contribution is 1.08. The minimum absolute atomic E-state index is 0.640. The van der Waals surface area contributed by atoms with E-state index in [1.165, 1.54) is 49.7 Å². The molecule has 0 atom stereocenters. The van der Waals surface area contributed by atoms with Crippen molar-refractivity contribution in [1.82, 2.24) is 15.0 Å². The summed E-state index contributed by atoms with van der Waals surface area (Å²) in [7, 11) is 0. The molecule has 1 aliphatic heterocycles. The Morgan fingerprint density at radius 2 is 0.836 bits per heavy atom. The molecule has 0 saturated carbocycles. The van der Waals surface area contributed by atoms with E-state index in [0.29, 0.717) is 17.5 Å². The van der Waals surface area contributed by atoms with Crippen LogP contribution in [0.25, 0.3) is 99.9 Å². The van der Waals surface area contributed by atoms with Crippen LogP contribution in [0.15, 0.2) is 218 Å². The number of anilines is 3. The van der Waals surface area contributed by atoms with E-state index < -0.39 is 0 Å². The molecule has 2 heterocycles. The molecule has 0 N–H and O–H groups in total. The van der Waals surface area contributed by atoms with Crippen LogP contribution in [0.2, 0.25) is 0 Å². The molecule has 0 radical (unpaired) electrons. The zero-order valence-corrected chi connectivity index (χ0v) is 33.1. The third kappa shape index (κ3) is 5.80. The second-order valence-corrected chi connectivity index (χ2v) is 15.5. The quantitative estimate of drug-likeness (QED) is 0.169. The first-order chi connectivity index (χ1) is 30.3. The Kier molecular flexibility index (Phi) is 8.13. The molecular weight excluding hydrogens is 741 g/mol. The molecular formula is C57H36N4. The van der Waals surface area contributed by atoms with Crippen molar-refractivity contribution in [1.29, 1.82) is 0 Å². The Morgan fingerprint density at radius 3 is 1.62 bits per heavy atom. The van der Waals surface area contributed by atoms with Crippen molar-refractivity contribution < 1.29 is 0 Å². The second-order valence-electron chi connectivity index (χ2n) is 15.5. The summed E-state index contributed by atoms with van der Waals surface area (Å²) in [5.41, 5.74) is 13.5. The minimum atomic E-state index is 0.640. The van der Waals surface area contributed by atoms with Gasteiger partial charge in [-0.3, -0.25) is 0 Å². The Labute approximate surface area is 353 Å². The van der Waals surface area contributed by atoms with Crippen LogP contribution in [0, 0.1) is 0 Å². The lowest BCUT2D eigenvalue weighted by Gasteiger charge is -2.35. The zero-order valence-electron chi connectivity index (χ0n) is 33.1. The molecule has 1 aliphatic rings. The van der Waals surface area contributed by atoms with Gasteiger partial charge in [0.25, 0.3) is 0 Å². The van der Waals surface area contributed by atoms with E-state index in [1.807, 2.05) is 18.2 Å². The largest absolute Gasteiger partial charge is 0.309 e. The van der Waals surface area contributed by atoms with Gasteiger partial charge in [0.1, 0.15) is 0 Å². The molecule has 11 aromatic rings. The van der Waals surface area contributed by atoms with Crippen molar-refractivity contribution in [3.05, 3.63) is 218 Å². The van der Waals surface area contributed by atoms with Crippen LogP contribution < -0.4 is 4.90 Å². The first kappa shape index (κ1) is 34.8. The molecule has 4 nitrogen and oxygen atoms in total. The van der Waals surface area contributed by atoms with Crippen molar-refractivity contribution in [3.8, 4) is 67.5 Å². The summed E-state index contributed by atoms with van der Waals surface area (Å²) < 4.78 is 0. The third-order valence-corrected chi connectivity index (χ3v) is 12.0. The second kappa shape index (κ2) is 14.3. The highest BCUT2D eigenvalue weighted by Gasteiger charge is 2.30. The van der Waals surface area contributed by atoms with Crippen molar-refractivity contribution >= 4 is 49.4 Å². The molecule has 0 aliphatic carbocycles. The van der Waals surface area contributed by atoms with Crippen LogP contribution in [0.1, 0.15) is 0 Å². The molecule has 12 rings (SSSR count). The van der Waals surface area contributed by atoms with Gasteiger partial charge in [0, 0.05) is 38.9 Å². The number of benzene rings is 10. The van der Waals surface area contributed by atoms with E-state index in [9.17, 15) is 0 Å². The van der Waals surface area contributed by atoms with Gasteiger partial charge in [-0.1, -0.05) is 188 Å². The molecule has 1 aromatic heterocycles. The van der Waals surface area contributed by atoms with Crippen molar-refractivity contribution in [2.75, 3.05) is 4.90 Å². The minimum Gasteiger partial charge on any atom is -0.309 e. The Balaban J connectivity index is 1.06. The van der Waals surface area contributed by atoms with E-state index >= 15 is 0 Å². The maximum atomic E-state index is 5.21. The number of hydrogen-bond donors (Lipinski definition) is 0. The van der Waals surface area contributed by atoms with Gasteiger partial charge in [-0.25, -0.2) is 15.0 Å². The molecule has 4 heteroatoms. The van der Waals surface area contributed by atoms with E-state index in [2.05, 4.69) is 205 Å². The predicted octanol–water partition coefficient (Wildman–Crippen LogP) is 15.1. The van der Waals surface area contributed by atoms with Crippen LogP contribution in [0.3, 0.4) is 0 Å². The summed E-state index contributed by atoms with van der Waals surface area (Å²) in [6, 6.07) is 77.7. The average molecular weight is 777 g/mol.